The van der Waals surface area contributed by atoms with Crippen molar-refractivity contribution in [1.82, 2.24) is 14.3 Å². The number of fused-ring (bicyclic) bond motifs is 1. The Balaban J connectivity index is 1.82. The zero-order valence-corrected chi connectivity index (χ0v) is 15.6. The van der Waals surface area contributed by atoms with Crippen LogP contribution in [-0.2, 0) is 0 Å². The Labute approximate surface area is 159 Å². The quantitative estimate of drug-likeness (QED) is 0.719. The first-order valence-electron chi connectivity index (χ1n) is 8.29. The van der Waals surface area contributed by atoms with E-state index in [9.17, 15) is 10.1 Å². The van der Waals surface area contributed by atoms with Gasteiger partial charge in [0.25, 0.3) is 5.56 Å². The number of aromatic nitrogens is 2. The smallest absolute Gasteiger partial charge is 0.281 e. The summed E-state index contributed by atoms with van der Waals surface area (Å²) in [6, 6.07) is 9.63. The van der Waals surface area contributed by atoms with Gasteiger partial charge in [-0.25, -0.2) is 0 Å². The Kier molecular flexibility index (Phi) is 4.41. The third-order valence-corrected chi connectivity index (χ3v) is 6.14. The van der Waals surface area contributed by atoms with Crippen LogP contribution in [0, 0.1) is 11.3 Å². The molecule has 0 spiro atoms. The fourth-order valence-corrected chi connectivity index (χ4v) is 4.70. The van der Waals surface area contributed by atoms with E-state index in [1.54, 1.807) is 16.2 Å². The fourth-order valence-electron chi connectivity index (χ4n) is 3.33. The minimum Gasteiger partial charge on any atom is -0.343 e. The van der Waals surface area contributed by atoms with Gasteiger partial charge in [0.05, 0.1) is 22.3 Å². The zero-order valence-electron chi connectivity index (χ0n) is 14.0. The number of pyridine rings is 1. The number of nitrogens with zero attached hydrogens (tertiary/aromatic N) is 3. The van der Waals surface area contributed by atoms with Gasteiger partial charge in [0.1, 0.15) is 11.1 Å². The van der Waals surface area contributed by atoms with E-state index >= 15 is 0 Å². The van der Waals surface area contributed by atoms with Crippen LogP contribution in [0.1, 0.15) is 24.9 Å². The fraction of sp³-hybridized carbons (Fsp3) is 0.278. The van der Waals surface area contributed by atoms with Gasteiger partial charge >= 0.3 is 0 Å². The number of nitrogens with one attached hydrogen (secondary N) is 2. The molecule has 1 aromatic carbocycles. The van der Waals surface area contributed by atoms with Crippen LogP contribution < -0.4 is 16.2 Å². The van der Waals surface area contributed by atoms with E-state index in [0.29, 0.717) is 15.7 Å². The molecule has 3 aromatic rings. The average molecular weight is 386 g/mol. The van der Waals surface area contributed by atoms with Crippen LogP contribution in [-0.4, -0.2) is 21.5 Å². The van der Waals surface area contributed by atoms with Crippen molar-refractivity contribution in [2.45, 2.75) is 25.4 Å². The maximum absolute atomic E-state index is 12.7. The lowest BCUT2D eigenvalue weighted by Gasteiger charge is -2.14. The number of hydrogen-bond acceptors (Lipinski definition) is 6. The number of hydrogen-bond donors (Lipinski definition) is 2. The van der Waals surface area contributed by atoms with E-state index in [2.05, 4.69) is 22.5 Å². The van der Waals surface area contributed by atoms with Gasteiger partial charge in [0.15, 0.2) is 5.56 Å². The molecule has 0 radical (unpaired) electrons. The molecular weight excluding hydrogens is 370 g/mol. The summed E-state index contributed by atoms with van der Waals surface area (Å²) in [4.78, 5) is 17.1. The maximum Gasteiger partial charge on any atom is 0.281 e. The number of rotatable bonds is 3. The molecule has 0 bridgehead atoms. The lowest BCUT2D eigenvalue weighted by molar-refractivity contribution is 0.478. The van der Waals surface area contributed by atoms with Crippen molar-refractivity contribution in [2.24, 2.45) is 0 Å². The number of anilines is 2. The van der Waals surface area contributed by atoms with Crippen LogP contribution in [0.2, 0.25) is 5.02 Å². The van der Waals surface area contributed by atoms with Crippen LogP contribution >= 0.6 is 23.1 Å². The second-order valence-corrected chi connectivity index (χ2v) is 7.65. The Bertz CT molecular complexity index is 1080. The van der Waals surface area contributed by atoms with E-state index in [1.807, 2.05) is 24.3 Å². The minimum absolute atomic E-state index is 0.0554. The van der Waals surface area contributed by atoms with E-state index < -0.39 is 0 Å². The van der Waals surface area contributed by atoms with Crippen LogP contribution in [0.4, 0.5) is 10.7 Å². The topological polar surface area (TPSA) is 82.7 Å². The highest BCUT2D eigenvalue weighted by atomic mass is 35.5. The number of nitriles is 1. The van der Waals surface area contributed by atoms with Gasteiger partial charge in [-0.1, -0.05) is 11.6 Å². The molecule has 6 nitrogen and oxygen atoms in total. The Morgan fingerprint density at radius 3 is 3.04 bits per heavy atom. The summed E-state index contributed by atoms with van der Waals surface area (Å²) in [6.45, 7) is 2.91. The number of benzene rings is 1. The second-order valence-electron chi connectivity index (χ2n) is 6.25. The standard InChI is InChI=1S/C18H16ClN5OS/c1-10-15(6-8-21-10)24-18(25)12(9-20)17(26-24)23-16-11-3-2-7-22-14(11)5-4-13(16)19/h2-5,7,10,15,21,23H,6,8H2,1H3/t10-,15?/m1/s1. The lowest BCUT2D eigenvalue weighted by Crippen LogP contribution is -2.29. The van der Waals surface area contributed by atoms with E-state index in [-0.39, 0.29) is 23.2 Å². The van der Waals surface area contributed by atoms with Crippen molar-refractivity contribution in [3.63, 3.8) is 0 Å². The van der Waals surface area contributed by atoms with Crippen molar-refractivity contribution in [1.29, 1.82) is 5.26 Å². The second kappa shape index (κ2) is 6.72. The number of halogens is 1. The summed E-state index contributed by atoms with van der Waals surface area (Å²) in [6.07, 6.45) is 2.58. The Hall–Kier alpha value is -2.40. The predicted octanol–water partition coefficient (Wildman–Crippen LogP) is 3.65. The van der Waals surface area contributed by atoms with Crippen LogP contribution in [0.3, 0.4) is 0 Å². The molecular formula is C18H16ClN5OS. The van der Waals surface area contributed by atoms with Gasteiger partial charge in [-0.2, -0.15) is 5.26 Å². The van der Waals surface area contributed by atoms with Gasteiger partial charge in [0.2, 0.25) is 0 Å². The molecule has 1 fully saturated rings. The van der Waals surface area contributed by atoms with Crippen LogP contribution in [0.25, 0.3) is 10.9 Å². The van der Waals surface area contributed by atoms with Gasteiger partial charge in [-0.05, 0) is 55.7 Å². The lowest BCUT2D eigenvalue weighted by atomic mass is 10.1. The molecule has 1 aliphatic heterocycles. The minimum atomic E-state index is -0.255. The normalized spacial score (nSPS) is 19.6. The highest BCUT2D eigenvalue weighted by Gasteiger charge is 2.29. The SMILES string of the molecule is C[C@H]1NCCC1n1sc(Nc2c(Cl)ccc3ncccc23)c(C#N)c1=O. The maximum atomic E-state index is 12.7. The average Bonchev–Trinajstić information content (AvgIpc) is 3.20. The highest BCUT2D eigenvalue weighted by Crippen LogP contribution is 2.36. The van der Waals surface area contributed by atoms with Crippen molar-refractivity contribution in [3.05, 3.63) is 51.4 Å². The molecule has 0 amide bonds. The van der Waals surface area contributed by atoms with Gasteiger partial charge in [-0.3, -0.25) is 13.7 Å². The third-order valence-electron chi connectivity index (χ3n) is 4.70. The molecule has 2 atom stereocenters. The highest BCUT2D eigenvalue weighted by molar-refractivity contribution is 7.11. The molecule has 2 aromatic heterocycles. The van der Waals surface area contributed by atoms with Crippen molar-refractivity contribution < 1.29 is 0 Å². The monoisotopic (exact) mass is 385 g/mol. The summed E-state index contributed by atoms with van der Waals surface area (Å²) in [7, 11) is 0. The molecule has 8 heteroatoms. The summed E-state index contributed by atoms with van der Waals surface area (Å²) in [5, 5.41) is 17.9. The largest absolute Gasteiger partial charge is 0.343 e. The first-order chi connectivity index (χ1) is 12.6. The molecule has 0 saturated carbocycles. The Morgan fingerprint density at radius 2 is 2.31 bits per heavy atom. The summed E-state index contributed by atoms with van der Waals surface area (Å²) >= 11 is 7.66. The molecule has 132 valence electrons. The van der Waals surface area contributed by atoms with Gasteiger partial charge in [-0.15, -0.1) is 0 Å². The van der Waals surface area contributed by atoms with E-state index in [0.717, 1.165) is 23.9 Å². The molecule has 0 aliphatic carbocycles. The third kappa shape index (κ3) is 2.76. The molecule has 3 heterocycles. The molecule has 26 heavy (non-hydrogen) atoms. The van der Waals surface area contributed by atoms with E-state index in [1.165, 1.54) is 11.5 Å². The molecule has 1 saturated heterocycles. The zero-order chi connectivity index (χ0) is 18.3. The van der Waals surface area contributed by atoms with E-state index in [4.69, 9.17) is 11.6 Å². The van der Waals surface area contributed by atoms with Crippen LogP contribution in [0.15, 0.2) is 35.3 Å². The summed E-state index contributed by atoms with van der Waals surface area (Å²) < 4.78 is 1.70. The van der Waals surface area contributed by atoms with Crippen molar-refractivity contribution in [2.75, 3.05) is 11.9 Å². The summed E-state index contributed by atoms with van der Waals surface area (Å²) in [5.41, 5.74) is 1.30. The first-order valence-corrected chi connectivity index (χ1v) is 9.45. The first kappa shape index (κ1) is 17.0. The Morgan fingerprint density at radius 1 is 1.46 bits per heavy atom. The van der Waals surface area contributed by atoms with Gasteiger partial charge in [0, 0.05) is 17.6 Å². The predicted molar refractivity (Wildman–Crippen MR) is 104 cm³/mol. The van der Waals surface area contributed by atoms with Gasteiger partial charge < -0.3 is 10.6 Å². The molecule has 2 N–H and O–H groups in total. The summed E-state index contributed by atoms with van der Waals surface area (Å²) in [5.74, 6) is 0. The van der Waals surface area contributed by atoms with Crippen molar-refractivity contribution in [3.8, 4) is 6.07 Å². The van der Waals surface area contributed by atoms with Crippen molar-refractivity contribution >= 4 is 44.7 Å². The van der Waals surface area contributed by atoms with Crippen LogP contribution in [0.5, 0.6) is 0 Å². The molecule has 1 unspecified atom stereocenters. The molecule has 4 rings (SSSR count). The molecule has 1 aliphatic rings.